The Hall–Kier alpha value is -5.00. The number of benzene rings is 1. The van der Waals surface area contributed by atoms with Crippen molar-refractivity contribution in [1.82, 2.24) is 44.7 Å². The van der Waals surface area contributed by atoms with Crippen LogP contribution in [-0.2, 0) is 19.4 Å². The molecular formula is C28H29N9O3. The fourth-order valence-electron chi connectivity index (χ4n) is 4.33. The third-order valence-electron chi connectivity index (χ3n) is 6.40. The number of unbranched alkanes of at least 4 members (excludes halogenated alkanes) is 1. The smallest absolute Gasteiger partial charge is 0.257 e. The quantitative estimate of drug-likeness (QED) is 0.246. The lowest BCUT2D eigenvalue weighted by atomic mass is 10.0. The number of nitrogens with zero attached hydrogens (tertiary/aromatic N) is 9. The van der Waals surface area contributed by atoms with Gasteiger partial charge >= 0.3 is 0 Å². The molecule has 0 N–H and O–H groups in total. The molecule has 0 spiro atoms. The number of methoxy groups -OCH3 is 2. The summed E-state index contributed by atoms with van der Waals surface area (Å²) in [5.41, 5.74) is 3.94. The van der Waals surface area contributed by atoms with Crippen LogP contribution in [0.1, 0.15) is 42.7 Å². The summed E-state index contributed by atoms with van der Waals surface area (Å²) < 4.78 is 13.9. The third-order valence-corrected chi connectivity index (χ3v) is 6.40. The molecule has 0 saturated heterocycles. The Kier molecular flexibility index (Phi) is 8.14. The number of ether oxygens (including phenoxy) is 2. The molecule has 12 heteroatoms. The molecule has 0 saturated carbocycles. The molecule has 0 bridgehead atoms. The lowest BCUT2D eigenvalue weighted by Crippen LogP contribution is -2.29. The van der Waals surface area contributed by atoms with Crippen molar-refractivity contribution in [3.8, 4) is 28.6 Å². The van der Waals surface area contributed by atoms with Crippen molar-refractivity contribution in [3.05, 3.63) is 94.4 Å². The van der Waals surface area contributed by atoms with Crippen molar-refractivity contribution >= 4 is 0 Å². The second-order valence-electron chi connectivity index (χ2n) is 9.04. The highest BCUT2D eigenvalue weighted by atomic mass is 16.5. The van der Waals surface area contributed by atoms with E-state index in [4.69, 9.17) is 9.47 Å². The van der Waals surface area contributed by atoms with E-state index in [-0.39, 0.29) is 12.0 Å². The molecule has 0 aliphatic rings. The standard InChI is InChI=1S/C28H29N9O3/c1-4-5-12-36-25(14-24-32-26(39-2)15-27(33-24)40-3)30-17-20(28(36)38)13-21-11-10-19(16-29-21)22-8-6-7-9-23(22)37-18-31-34-35-37/h6-11,15-18H,4-5,12-14H2,1-3H3. The van der Waals surface area contributed by atoms with Crippen LogP contribution in [0.15, 0.2) is 66.0 Å². The van der Waals surface area contributed by atoms with Gasteiger partial charge in [-0.05, 0) is 29.0 Å². The van der Waals surface area contributed by atoms with Gasteiger partial charge in [-0.15, -0.1) is 5.10 Å². The molecule has 5 aromatic rings. The average Bonchev–Trinajstić information content (AvgIpc) is 3.54. The van der Waals surface area contributed by atoms with Gasteiger partial charge in [0, 0.05) is 47.7 Å². The van der Waals surface area contributed by atoms with E-state index in [0.717, 1.165) is 35.3 Å². The summed E-state index contributed by atoms with van der Waals surface area (Å²) in [6.45, 7) is 2.63. The Morgan fingerprint density at radius 1 is 0.925 bits per heavy atom. The van der Waals surface area contributed by atoms with Gasteiger partial charge in [0.1, 0.15) is 18.0 Å². The normalized spacial score (nSPS) is 11.0. The minimum absolute atomic E-state index is 0.0942. The first kappa shape index (κ1) is 26.6. The van der Waals surface area contributed by atoms with Crippen molar-refractivity contribution in [2.75, 3.05) is 14.2 Å². The predicted octanol–water partition coefficient (Wildman–Crippen LogP) is 3.07. The van der Waals surface area contributed by atoms with Crippen molar-refractivity contribution < 1.29 is 9.47 Å². The van der Waals surface area contributed by atoms with Crippen molar-refractivity contribution in [1.29, 1.82) is 0 Å². The van der Waals surface area contributed by atoms with Crippen LogP contribution in [0.5, 0.6) is 11.8 Å². The molecule has 1 aromatic carbocycles. The molecule has 0 aliphatic heterocycles. The molecule has 0 unspecified atom stereocenters. The zero-order valence-electron chi connectivity index (χ0n) is 22.6. The van der Waals surface area contributed by atoms with Crippen LogP contribution < -0.4 is 15.0 Å². The zero-order valence-corrected chi connectivity index (χ0v) is 22.6. The summed E-state index contributed by atoms with van der Waals surface area (Å²) in [6.07, 6.45) is 7.38. The van der Waals surface area contributed by atoms with Gasteiger partial charge in [-0.3, -0.25) is 14.3 Å². The fourth-order valence-corrected chi connectivity index (χ4v) is 4.33. The van der Waals surface area contributed by atoms with Gasteiger partial charge in [-0.2, -0.15) is 14.6 Å². The Balaban J connectivity index is 1.41. The summed E-state index contributed by atoms with van der Waals surface area (Å²) in [5.74, 6) is 1.81. The molecule has 0 radical (unpaired) electrons. The highest BCUT2D eigenvalue weighted by molar-refractivity contribution is 5.72. The van der Waals surface area contributed by atoms with Gasteiger partial charge in [0.2, 0.25) is 11.8 Å². The maximum atomic E-state index is 13.6. The fraction of sp³-hybridized carbons (Fsp3) is 0.286. The molecule has 0 amide bonds. The molecule has 0 aliphatic carbocycles. The highest BCUT2D eigenvalue weighted by Gasteiger charge is 2.15. The number of tetrazole rings is 1. The predicted molar refractivity (Wildman–Crippen MR) is 147 cm³/mol. The summed E-state index contributed by atoms with van der Waals surface area (Å²) in [5, 5.41) is 11.5. The average molecular weight is 540 g/mol. The molecule has 0 fully saturated rings. The molecule has 4 aromatic heterocycles. The molecular weight excluding hydrogens is 510 g/mol. The van der Waals surface area contributed by atoms with Crippen LogP contribution in [0.2, 0.25) is 0 Å². The first-order chi connectivity index (χ1) is 19.6. The van der Waals surface area contributed by atoms with Gasteiger partial charge in [0.25, 0.3) is 5.56 Å². The van der Waals surface area contributed by atoms with E-state index >= 15 is 0 Å². The Morgan fingerprint density at radius 3 is 2.40 bits per heavy atom. The van der Waals surface area contributed by atoms with Gasteiger partial charge in [0.05, 0.1) is 32.4 Å². The largest absolute Gasteiger partial charge is 0.481 e. The maximum Gasteiger partial charge on any atom is 0.257 e. The van der Waals surface area contributed by atoms with E-state index in [1.165, 1.54) is 14.2 Å². The van der Waals surface area contributed by atoms with Gasteiger partial charge in [-0.25, -0.2) is 4.98 Å². The Morgan fingerprint density at radius 2 is 1.73 bits per heavy atom. The second kappa shape index (κ2) is 12.2. The minimum atomic E-state index is -0.0942. The van der Waals surface area contributed by atoms with E-state index < -0.39 is 0 Å². The topological polar surface area (TPSA) is 136 Å². The lowest BCUT2D eigenvalue weighted by Gasteiger charge is -2.14. The van der Waals surface area contributed by atoms with Gasteiger partial charge in [0.15, 0.2) is 0 Å². The van der Waals surface area contributed by atoms with Crippen molar-refractivity contribution in [2.45, 2.75) is 39.2 Å². The van der Waals surface area contributed by atoms with Crippen molar-refractivity contribution in [2.24, 2.45) is 0 Å². The Bertz CT molecular complexity index is 1610. The van der Waals surface area contributed by atoms with E-state index in [9.17, 15) is 4.79 Å². The van der Waals surface area contributed by atoms with Gasteiger partial charge in [-0.1, -0.05) is 37.6 Å². The molecule has 12 nitrogen and oxygen atoms in total. The van der Waals surface area contributed by atoms with Crippen LogP contribution in [0.3, 0.4) is 0 Å². The molecule has 4 heterocycles. The number of aromatic nitrogens is 9. The van der Waals surface area contributed by atoms with Crippen LogP contribution in [0, 0.1) is 0 Å². The number of hydrogen-bond acceptors (Lipinski definition) is 10. The van der Waals surface area contributed by atoms with E-state index in [2.05, 4.69) is 42.4 Å². The van der Waals surface area contributed by atoms with Gasteiger partial charge < -0.3 is 9.47 Å². The number of hydrogen-bond donors (Lipinski definition) is 0. The molecule has 5 rings (SSSR count). The van der Waals surface area contributed by atoms with E-state index in [1.54, 1.807) is 34.0 Å². The molecule has 40 heavy (non-hydrogen) atoms. The number of rotatable bonds is 11. The minimum Gasteiger partial charge on any atom is -0.481 e. The van der Waals surface area contributed by atoms with Crippen molar-refractivity contribution in [3.63, 3.8) is 0 Å². The van der Waals surface area contributed by atoms with Crippen LogP contribution in [0.4, 0.5) is 0 Å². The maximum absolute atomic E-state index is 13.6. The first-order valence-corrected chi connectivity index (χ1v) is 12.9. The third kappa shape index (κ3) is 5.85. The first-order valence-electron chi connectivity index (χ1n) is 12.9. The van der Waals surface area contributed by atoms with Crippen LogP contribution >= 0.6 is 0 Å². The monoisotopic (exact) mass is 539 g/mol. The summed E-state index contributed by atoms with van der Waals surface area (Å²) in [6, 6.07) is 13.3. The number of para-hydroxylation sites is 1. The lowest BCUT2D eigenvalue weighted by molar-refractivity contribution is 0.368. The van der Waals surface area contributed by atoms with Crippen LogP contribution in [0.25, 0.3) is 16.8 Å². The SMILES string of the molecule is CCCCn1c(Cc2nc(OC)cc(OC)n2)ncc(Cc2ccc(-c3ccccc3-n3cnnn3)cn2)c1=O. The highest BCUT2D eigenvalue weighted by Crippen LogP contribution is 2.25. The summed E-state index contributed by atoms with van der Waals surface area (Å²) in [4.78, 5) is 31.7. The Labute approximate surface area is 230 Å². The number of pyridine rings is 1. The molecule has 0 atom stereocenters. The van der Waals surface area contributed by atoms with E-state index in [0.29, 0.717) is 41.9 Å². The van der Waals surface area contributed by atoms with E-state index in [1.807, 2.05) is 36.4 Å². The summed E-state index contributed by atoms with van der Waals surface area (Å²) >= 11 is 0. The zero-order chi connectivity index (χ0) is 27.9. The summed E-state index contributed by atoms with van der Waals surface area (Å²) in [7, 11) is 3.06. The van der Waals surface area contributed by atoms with Crippen LogP contribution in [-0.4, -0.2) is 58.9 Å². The molecule has 204 valence electrons. The second-order valence-corrected chi connectivity index (χ2v) is 9.04.